The zero-order chi connectivity index (χ0) is 14.1. The van der Waals surface area contributed by atoms with Gasteiger partial charge in [-0.15, -0.1) is 0 Å². The van der Waals surface area contributed by atoms with Gasteiger partial charge in [0, 0.05) is 16.1 Å². The molecule has 102 valence electrons. The van der Waals surface area contributed by atoms with Crippen molar-refractivity contribution in [3.63, 3.8) is 0 Å². The second-order valence-corrected chi connectivity index (χ2v) is 5.55. The first-order valence-electron chi connectivity index (χ1n) is 6.26. The van der Waals surface area contributed by atoms with Gasteiger partial charge in [0.05, 0.1) is 18.5 Å². The summed E-state index contributed by atoms with van der Waals surface area (Å²) in [5, 5.41) is 4.55. The third-order valence-corrected chi connectivity index (χ3v) is 3.66. The Bertz CT molecular complexity index is 745. The van der Waals surface area contributed by atoms with E-state index in [0.29, 0.717) is 12.4 Å². The highest BCUT2D eigenvalue weighted by molar-refractivity contribution is 9.10. The van der Waals surface area contributed by atoms with Gasteiger partial charge >= 0.3 is 0 Å². The molecule has 0 unspecified atom stereocenters. The van der Waals surface area contributed by atoms with Crippen molar-refractivity contribution in [2.24, 2.45) is 0 Å². The number of anilines is 1. The quantitative estimate of drug-likeness (QED) is 0.793. The topological polar surface area (TPSA) is 57.0 Å². The van der Waals surface area contributed by atoms with E-state index in [4.69, 9.17) is 10.2 Å². The Morgan fingerprint density at radius 1 is 1.30 bits per heavy atom. The van der Waals surface area contributed by atoms with Crippen LogP contribution in [0, 0.1) is 6.92 Å². The molecule has 0 saturated carbocycles. The fourth-order valence-electron chi connectivity index (χ4n) is 2.15. The number of hydrogen-bond acceptors (Lipinski definition) is 3. The van der Waals surface area contributed by atoms with Crippen molar-refractivity contribution in [2.45, 2.75) is 13.5 Å². The van der Waals surface area contributed by atoms with Gasteiger partial charge in [-0.05, 0) is 30.7 Å². The van der Waals surface area contributed by atoms with Crippen LogP contribution in [0.5, 0.6) is 0 Å². The SMILES string of the molecule is Cc1occc1-c1cc(N)n(Cc2cccc(Br)c2)n1. The average molecular weight is 332 g/mol. The predicted molar refractivity (Wildman–Crippen MR) is 82.3 cm³/mol. The molecular formula is C15H14BrN3O. The van der Waals surface area contributed by atoms with Crippen LogP contribution in [0.25, 0.3) is 11.3 Å². The van der Waals surface area contributed by atoms with Gasteiger partial charge in [-0.3, -0.25) is 0 Å². The van der Waals surface area contributed by atoms with Gasteiger partial charge < -0.3 is 10.2 Å². The van der Waals surface area contributed by atoms with Crippen molar-refractivity contribution >= 4 is 21.7 Å². The Morgan fingerprint density at radius 2 is 2.15 bits per heavy atom. The van der Waals surface area contributed by atoms with Gasteiger partial charge in [0.15, 0.2) is 0 Å². The van der Waals surface area contributed by atoms with Crippen LogP contribution in [-0.4, -0.2) is 9.78 Å². The van der Waals surface area contributed by atoms with Crippen LogP contribution in [0.4, 0.5) is 5.82 Å². The van der Waals surface area contributed by atoms with Crippen molar-refractivity contribution in [1.29, 1.82) is 0 Å². The number of aryl methyl sites for hydroxylation is 1. The summed E-state index contributed by atoms with van der Waals surface area (Å²) in [6.07, 6.45) is 1.66. The summed E-state index contributed by atoms with van der Waals surface area (Å²) in [7, 11) is 0. The molecule has 2 N–H and O–H groups in total. The number of nitrogens with two attached hydrogens (primary N) is 1. The normalized spacial score (nSPS) is 10.9. The maximum absolute atomic E-state index is 6.04. The molecule has 0 aliphatic carbocycles. The van der Waals surface area contributed by atoms with Gasteiger partial charge in [-0.1, -0.05) is 28.1 Å². The van der Waals surface area contributed by atoms with Gasteiger partial charge in [-0.25, -0.2) is 4.68 Å². The number of rotatable bonds is 3. The van der Waals surface area contributed by atoms with Crippen LogP contribution in [0.15, 0.2) is 51.6 Å². The third kappa shape index (κ3) is 2.49. The van der Waals surface area contributed by atoms with E-state index in [9.17, 15) is 0 Å². The van der Waals surface area contributed by atoms with E-state index in [1.54, 1.807) is 10.9 Å². The van der Waals surface area contributed by atoms with Crippen LogP contribution in [-0.2, 0) is 6.54 Å². The monoisotopic (exact) mass is 331 g/mol. The highest BCUT2D eigenvalue weighted by atomic mass is 79.9. The summed E-state index contributed by atoms with van der Waals surface area (Å²) >= 11 is 3.47. The lowest BCUT2D eigenvalue weighted by molar-refractivity contribution is 0.535. The Balaban J connectivity index is 1.92. The number of hydrogen-bond donors (Lipinski definition) is 1. The van der Waals surface area contributed by atoms with Crippen molar-refractivity contribution in [3.8, 4) is 11.3 Å². The smallest absolute Gasteiger partial charge is 0.122 e. The van der Waals surface area contributed by atoms with E-state index in [1.807, 2.05) is 31.2 Å². The maximum atomic E-state index is 6.04. The van der Waals surface area contributed by atoms with E-state index in [1.165, 1.54) is 0 Å². The van der Waals surface area contributed by atoms with E-state index < -0.39 is 0 Å². The van der Waals surface area contributed by atoms with Crippen LogP contribution in [0.2, 0.25) is 0 Å². The molecular weight excluding hydrogens is 318 g/mol. The first kappa shape index (κ1) is 13.0. The fourth-order valence-corrected chi connectivity index (χ4v) is 2.60. The van der Waals surface area contributed by atoms with Crippen LogP contribution >= 0.6 is 15.9 Å². The first-order chi connectivity index (χ1) is 9.63. The summed E-state index contributed by atoms with van der Waals surface area (Å²) in [6, 6.07) is 11.9. The average Bonchev–Trinajstić information content (AvgIpc) is 2.97. The maximum Gasteiger partial charge on any atom is 0.122 e. The standard InChI is InChI=1S/C15H14BrN3O/c1-10-13(5-6-20-10)14-8-15(17)19(18-14)9-11-3-2-4-12(16)7-11/h2-8H,9,17H2,1H3. The second-order valence-electron chi connectivity index (χ2n) is 4.63. The van der Waals surface area contributed by atoms with Crippen molar-refractivity contribution in [3.05, 3.63) is 58.5 Å². The fraction of sp³-hybridized carbons (Fsp3) is 0.133. The molecule has 4 nitrogen and oxygen atoms in total. The molecule has 3 rings (SSSR count). The Labute approximate surface area is 125 Å². The molecule has 0 spiro atoms. The van der Waals surface area contributed by atoms with Crippen molar-refractivity contribution in [1.82, 2.24) is 9.78 Å². The highest BCUT2D eigenvalue weighted by Crippen LogP contribution is 2.25. The molecule has 0 aliphatic rings. The van der Waals surface area contributed by atoms with Crippen molar-refractivity contribution in [2.75, 3.05) is 5.73 Å². The number of nitrogens with zero attached hydrogens (tertiary/aromatic N) is 2. The van der Waals surface area contributed by atoms with Crippen LogP contribution < -0.4 is 5.73 Å². The predicted octanol–water partition coefficient (Wildman–Crippen LogP) is 3.84. The first-order valence-corrected chi connectivity index (χ1v) is 7.05. The summed E-state index contributed by atoms with van der Waals surface area (Å²) in [4.78, 5) is 0. The number of furan rings is 1. The number of benzene rings is 1. The molecule has 0 saturated heterocycles. The van der Waals surface area contributed by atoms with E-state index in [0.717, 1.165) is 27.1 Å². The zero-order valence-corrected chi connectivity index (χ0v) is 12.6. The lowest BCUT2D eigenvalue weighted by Crippen LogP contribution is -2.05. The van der Waals surface area contributed by atoms with Gasteiger partial charge in [0.2, 0.25) is 0 Å². The molecule has 0 bridgehead atoms. The van der Waals surface area contributed by atoms with Crippen molar-refractivity contribution < 1.29 is 4.42 Å². The summed E-state index contributed by atoms with van der Waals surface area (Å²) in [5.41, 5.74) is 9.00. The molecule has 0 atom stereocenters. The Kier molecular flexibility index (Phi) is 3.36. The number of nitrogen functional groups attached to an aromatic ring is 1. The zero-order valence-electron chi connectivity index (χ0n) is 11.0. The van der Waals surface area contributed by atoms with E-state index >= 15 is 0 Å². The molecule has 0 amide bonds. The minimum atomic E-state index is 0.639. The second kappa shape index (κ2) is 5.17. The van der Waals surface area contributed by atoms with Crippen LogP contribution in [0.1, 0.15) is 11.3 Å². The third-order valence-electron chi connectivity index (χ3n) is 3.17. The summed E-state index contributed by atoms with van der Waals surface area (Å²) in [6.45, 7) is 2.56. The van der Waals surface area contributed by atoms with Gasteiger partial charge in [0.1, 0.15) is 11.6 Å². The van der Waals surface area contributed by atoms with Gasteiger partial charge in [-0.2, -0.15) is 5.10 Å². The van der Waals surface area contributed by atoms with E-state index in [2.05, 4.69) is 33.2 Å². The van der Waals surface area contributed by atoms with E-state index in [-0.39, 0.29) is 0 Å². The molecule has 20 heavy (non-hydrogen) atoms. The van der Waals surface area contributed by atoms with Crippen LogP contribution in [0.3, 0.4) is 0 Å². The molecule has 5 heteroatoms. The Hall–Kier alpha value is -2.01. The molecule has 0 fully saturated rings. The number of aromatic nitrogens is 2. The van der Waals surface area contributed by atoms with Gasteiger partial charge in [0.25, 0.3) is 0 Å². The molecule has 1 aromatic carbocycles. The minimum absolute atomic E-state index is 0.639. The molecule has 2 aromatic heterocycles. The highest BCUT2D eigenvalue weighted by Gasteiger charge is 2.11. The summed E-state index contributed by atoms with van der Waals surface area (Å²) in [5.74, 6) is 1.48. The molecule has 2 heterocycles. The largest absolute Gasteiger partial charge is 0.469 e. The summed E-state index contributed by atoms with van der Waals surface area (Å²) < 4.78 is 8.15. The Morgan fingerprint density at radius 3 is 2.85 bits per heavy atom. The lowest BCUT2D eigenvalue weighted by atomic mass is 10.2. The lowest BCUT2D eigenvalue weighted by Gasteiger charge is -2.04. The minimum Gasteiger partial charge on any atom is -0.469 e. The molecule has 0 radical (unpaired) electrons. The molecule has 0 aliphatic heterocycles. The number of halogens is 1. The molecule has 3 aromatic rings.